The lowest BCUT2D eigenvalue weighted by Gasteiger charge is -2.10. The van der Waals surface area contributed by atoms with Gasteiger partial charge in [0, 0.05) is 25.8 Å². The highest BCUT2D eigenvalue weighted by Crippen LogP contribution is 2.34. The molecule has 0 radical (unpaired) electrons. The number of aliphatic hydroxyl groups is 1. The summed E-state index contributed by atoms with van der Waals surface area (Å²) < 4.78 is 37.5. The number of benzene rings is 2. The summed E-state index contributed by atoms with van der Waals surface area (Å²) in [6.07, 6.45) is 0. The number of aromatic amines is 1. The lowest BCUT2D eigenvalue weighted by molar-refractivity contribution is -0.0498. The van der Waals surface area contributed by atoms with E-state index in [9.17, 15) is 23.5 Å². The van der Waals surface area contributed by atoms with E-state index in [1.54, 1.807) is 36.7 Å². The van der Waals surface area contributed by atoms with E-state index in [0.29, 0.717) is 22.9 Å². The first-order valence-electron chi connectivity index (χ1n) is 10.5. The third-order valence-corrected chi connectivity index (χ3v) is 5.58. The van der Waals surface area contributed by atoms with Gasteiger partial charge in [-0.05, 0) is 48.4 Å². The topological polar surface area (TPSA) is 111 Å². The van der Waals surface area contributed by atoms with Crippen LogP contribution in [-0.2, 0) is 13.6 Å². The minimum Gasteiger partial charge on any atom is -0.456 e. The molecule has 0 aliphatic carbocycles. The van der Waals surface area contributed by atoms with Gasteiger partial charge in [0.25, 0.3) is 5.56 Å². The van der Waals surface area contributed by atoms with Gasteiger partial charge in [-0.25, -0.2) is 9.78 Å². The number of ether oxygens (including phenoxy) is 2. The third kappa shape index (κ3) is 5.05. The van der Waals surface area contributed by atoms with Gasteiger partial charge in [0.1, 0.15) is 23.1 Å². The van der Waals surface area contributed by atoms with Gasteiger partial charge in [-0.15, -0.1) is 0 Å². The molecule has 1 atom stereocenters. The lowest BCUT2D eigenvalue weighted by atomic mass is 10.2. The highest BCUT2D eigenvalue weighted by atomic mass is 35.5. The van der Waals surface area contributed by atoms with Gasteiger partial charge in [-0.2, -0.15) is 8.78 Å². The number of nitrogens with one attached hydrogen (secondary N) is 1. The molecular weight excluding hydrogens is 486 g/mol. The number of hydrogen-bond donors (Lipinski definition) is 2. The number of alkyl halides is 2. The van der Waals surface area contributed by atoms with Gasteiger partial charge in [0.05, 0.1) is 5.02 Å². The van der Waals surface area contributed by atoms with Crippen LogP contribution < -0.4 is 20.7 Å². The number of imidazole rings is 1. The van der Waals surface area contributed by atoms with Crippen molar-refractivity contribution < 1.29 is 23.4 Å². The van der Waals surface area contributed by atoms with E-state index in [-0.39, 0.29) is 41.0 Å². The number of aromatic nitrogens is 4. The molecule has 0 spiro atoms. The molecule has 2 N–H and O–H groups in total. The van der Waals surface area contributed by atoms with Crippen molar-refractivity contribution in [3.8, 4) is 28.6 Å². The van der Waals surface area contributed by atoms with Crippen molar-refractivity contribution in [2.75, 3.05) is 6.61 Å². The van der Waals surface area contributed by atoms with Crippen molar-refractivity contribution >= 4 is 22.8 Å². The molecule has 0 fully saturated rings. The Balaban J connectivity index is 1.68. The average Bonchev–Trinajstić information content (AvgIpc) is 3.16. The molecule has 2 heterocycles. The third-order valence-electron chi connectivity index (χ3n) is 5.29. The largest absolute Gasteiger partial charge is 0.456 e. The summed E-state index contributed by atoms with van der Waals surface area (Å²) in [4.78, 5) is 31.7. The maximum Gasteiger partial charge on any atom is 0.387 e. The monoisotopic (exact) mass is 506 g/mol. The minimum atomic E-state index is -2.92. The zero-order valence-corrected chi connectivity index (χ0v) is 19.4. The maximum atomic E-state index is 12.5. The zero-order valence-electron chi connectivity index (χ0n) is 18.7. The number of aliphatic hydroxyl groups excluding tert-OH is 1. The number of rotatable bonds is 8. The van der Waals surface area contributed by atoms with Crippen LogP contribution in [-0.4, -0.2) is 37.4 Å². The molecule has 0 aliphatic rings. The minimum absolute atomic E-state index is 0.00233. The Hall–Kier alpha value is -3.70. The fourth-order valence-corrected chi connectivity index (χ4v) is 3.80. The normalized spacial score (nSPS) is 12.3. The van der Waals surface area contributed by atoms with Gasteiger partial charge in [-0.3, -0.25) is 14.3 Å². The molecule has 12 heteroatoms. The van der Waals surface area contributed by atoms with E-state index in [1.165, 1.54) is 28.8 Å². The number of halogens is 3. The van der Waals surface area contributed by atoms with E-state index in [2.05, 4.69) is 14.7 Å². The molecule has 0 saturated carbocycles. The van der Waals surface area contributed by atoms with Gasteiger partial charge < -0.3 is 19.1 Å². The smallest absolute Gasteiger partial charge is 0.387 e. The fourth-order valence-electron chi connectivity index (χ4n) is 3.58. The number of nitrogens with zero attached hydrogens (tertiary/aromatic N) is 3. The first-order valence-corrected chi connectivity index (χ1v) is 10.9. The molecule has 0 bridgehead atoms. The van der Waals surface area contributed by atoms with E-state index in [1.807, 2.05) is 0 Å². The van der Waals surface area contributed by atoms with Crippen LogP contribution in [0.1, 0.15) is 6.92 Å². The van der Waals surface area contributed by atoms with Crippen LogP contribution in [0.2, 0.25) is 5.02 Å². The van der Waals surface area contributed by atoms with Crippen LogP contribution in [0.3, 0.4) is 0 Å². The predicted octanol–water partition coefficient (Wildman–Crippen LogP) is 3.77. The number of aryl methyl sites for hydroxylation is 1. The summed E-state index contributed by atoms with van der Waals surface area (Å²) in [7, 11) is 1.64. The van der Waals surface area contributed by atoms with Crippen LogP contribution in [0.15, 0.2) is 52.1 Å². The van der Waals surface area contributed by atoms with E-state index in [4.69, 9.17) is 16.3 Å². The summed E-state index contributed by atoms with van der Waals surface area (Å²) in [5, 5.41) is 9.62. The Morgan fingerprint density at radius 3 is 2.46 bits per heavy atom. The fraction of sp³-hybridized carbons (Fsp3) is 0.261. The van der Waals surface area contributed by atoms with Crippen LogP contribution in [0.4, 0.5) is 8.78 Å². The Bertz CT molecular complexity index is 1480. The van der Waals surface area contributed by atoms with Gasteiger partial charge in [0.2, 0.25) is 0 Å². The summed E-state index contributed by atoms with van der Waals surface area (Å²) in [5.41, 5.74) is -0.231. The summed E-state index contributed by atoms with van der Waals surface area (Å²) in [6.45, 7) is -1.11. The Kier molecular flexibility index (Phi) is 6.90. The number of H-pyrrole nitrogens is 1. The number of hydrogen-bond acceptors (Lipinski definition) is 6. The van der Waals surface area contributed by atoms with Crippen molar-refractivity contribution in [2.45, 2.75) is 20.1 Å². The molecule has 2 aromatic carbocycles. The molecule has 9 nitrogen and oxygen atoms in total. The standard InChI is InChI=1S/C23H21ClF2N4O5/c1-12(11-31)10-30-20-18(21(32)28-23(30)33)29(2)19(27-20)13-3-8-17(16(24)9-13)34-14-4-6-15(7-5-14)35-22(25)26/h3-9,12,22,31H,10-11H2,1-2H3,(H,28,32,33). The quantitative estimate of drug-likeness (QED) is 0.376. The van der Waals surface area contributed by atoms with Crippen LogP contribution in [0.5, 0.6) is 17.2 Å². The highest BCUT2D eigenvalue weighted by molar-refractivity contribution is 6.32. The van der Waals surface area contributed by atoms with Crippen molar-refractivity contribution in [1.29, 1.82) is 0 Å². The second kappa shape index (κ2) is 9.88. The van der Waals surface area contributed by atoms with E-state index >= 15 is 0 Å². The van der Waals surface area contributed by atoms with E-state index < -0.39 is 17.9 Å². The second-order valence-corrected chi connectivity index (χ2v) is 8.33. The van der Waals surface area contributed by atoms with Crippen molar-refractivity contribution in [3.63, 3.8) is 0 Å². The summed E-state index contributed by atoms with van der Waals surface area (Å²) in [6, 6.07) is 10.5. The SMILES string of the molecule is CC(CO)Cn1c(=O)[nH]c(=O)c2c1nc(-c1ccc(Oc3ccc(OC(F)F)cc3)c(Cl)c1)n2C. The van der Waals surface area contributed by atoms with E-state index in [0.717, 1.165) is 0 Å². The molecule has 0 aliphatic heterocycles. The molecule has 4 aromatic rings. The Morgan fingerprint density at radius 2 is 1.83 bits per heavy atom. The average molecular weight is 507 g/mol. The molecule has 0 saturated heterocycles. The van der Waals surface area contributed by atoms with Gasteiger partial charge in [0.15, 0.2) is 11.2 Å². The van der Waals surface area contributed by atoms with Crippen LogP contribution in [0, 0.1) is 5.92 Å². The zero-order chi connectivity index (χ0) is 25.3. The molecule has 4 rings (SSSR count). The van der Waals surface area contributed by atoms with Gasteiger partial charge >= 0.3 is 12.3 Å². The molecule has 2 aromatic heterocycles. The maximum absolute atomic E-state index is 12.5. The van der Waals surface area contributed by atoms with Crippen molar-refractivity contribution in [2.24, 2.45) is 13.0 Å². The second-order valence-electron chi connectivity index (χ2n) is 7.92. The van der Waals surface area contributed by atoms with Crippen molar-refractivity contribution in [3.05, 3.63) is 68.3 Å². The number of fused-ring (bicyclic) bond motifs is 1. The van der Waals surface area contributed by atoms with Gasteiger partial charge in [-0.1, -0.05) is 18.5 Å². The first kappa shape index (κ1) is 24.4. The Labute approximate surface area is 202 Å². The summed E-state index contributed by atoms with van der Waals surface area (Å²) >= 11 is 6.42. The Morgan fingerprint density at radius 1 is 1.14 bits per heavy atom. The van der Waals surface area contributed by atoms with Crippen molar-refractivity contribution in [1.82, 2.24) is 19.1 Å². The molecule has 184 valence electrons. The predicted molar refractivity (Wildman–Crippen MR) is 125 cm³/mol. The molecule has 35 heavy (non-hydrogen) atoms. The highest BCUT2D eigenvalue weighted by Gasteiger charge is 2.19. The molecular formula is C23H21ClF2N4O5. The molecule has 0 amide bonds. The van der Waals surface area contributed by atoms with Crippen LogP contribution >= 0.6 is 11.6 Å². The lowest BCUT2D eigenvalue weighted by Crippen LogP contribution is -2.33. The summed E-state index contributed by atoms with van der Waals surface area (Å²) in [5.74, 6) is 0.830. The molecule has 1 unspecified atom stereocenters. The first-order chi connectivity index (χ1) is 16.7. The van der Waals surface area contributed by atoms with Crippen LogP contribution in [0.25, 0.3) is 22.6 Å².